The quantitative estimate of drug-likeness (QED) is 0.665. The maximum absolute atomic E-state index is 10.7. The first-order chi connectivity index (χ1) is 7.34. The summed E-state index contributed by atoms with van der Waals surface area (Å²) in [5.74, 6) is 0.199. The molecule has 0 aliphatic rings. The fourth-order valence-corrected chi connectivity index (χ4v) is 0.696. The van der Waals surface area contributed by atoms with E-state index in [9.17, 15) is 4.79 Å². The lowest BCUT2D eigenvalue weighted by molar-refractivity contribution is 0.0438. The van der Waals surface area contributed by atoms with E-state index >= 15 is 0 Å². The zero-order chi connectivity index (χ0) is 12.7. The van der Waals surface area contributed by atoms with Crippen molar-refractivity contribution in [1.29, 1.82) is 0 Å². The van der Waals surface area contributed by atoms with Crippen LogP contribution in [0.15, 0.2) is 24.3 Å². The highest BCUT2D eigenvalue weighted by Crippen LogP contribution is 2.09. The number of phenols is 1. The van der Waals surface area contributed by atoms with Crippen molar-refractivity contribution in [3.63, 3.8) is 0 Å². The molecule has 0 fully saturated rings. The number of aliphatic hydroxyl groups is 2. The third kappa shape index (κ3) is 6.16. The highest BCUT2D eigenvalue weighted by molar-refractivity contribution is 5.94. The van der Waals surface area contributed by atoms with Crippen LogP contribution in [0.1, 0.15) is 31.1 Å². The predicted molar refractivity (Wildman–Crippen MR) is 61.5 cm³/mol. The molecule has 0 saturated heterocycles. The molecule has 0 radical (unpaired) electrons. The van der Waals surface area contributed by atoms with Crippen LogP contribution in [0, 0.1) is 0 Å². The molecule has 90 valence electrons. The van der Waals surface area contributed by atoms with Crippen LogP contribution in [-0.2, 0) is 0 Å². The monoisotopic (exact) mass is 226 g/mol. The highest BCUT2D eigenvalue weighted by atomic mass is 16.3. The van der Waals surface area contributed by atoms with Gasteiger partial charge in [0.1, 0.15) is 5.75 Å². The molecule has 16 heavy (non-hydrogen) atoms. The minimum absolute atomic E-state index is 0.0139. The fraction of sp³-hybridized carbons (Fsp3) is 0.417. The maximum atomic E-state index is 10.7. The number of aliphatic hydroxyl groups excluding tert-OH is 2. The summed E-state index contributed by atoms with van der Waals surface area (Å²) >= 11 is 0. The number of rotatable bonds is 2. The van der Waals surface area contributed by atoms with Crippen LogP contribution < -0.4 is 0 Å². The second-order valence-electron chi connectivity index (χ2n) is 3.58. The van der Waals surface area contributed by atoms with E-state index in [1.165, 1.54) is 19.1 Å². The van der Waals surface area contributed by atoms with Gasteiger partial charge in [0.25, 0.3) is 0 Å². The van der Waals surface area contributed by atoms with Gasteiger partial charge in [-0.3, -0.25) is 4.79 Å². The number of hydrogen-bond acceptors (Lipinski definition) is 4. The molecule has 4 heteroatoms. The molecule has 3 N–H and O–H groups in total. The van der Waals surface area contributed by atoms with E-state index in [0.29, 0.717) is 5.56 Å². The molecule has 4 nitrogen and oxygen atoms in total. The Morgan fingerprint density at radius 3 is 1.69 bits per heavy atom. The first-order valence-corrected chi connectivity index (χ1v) is 5.00. The van der Waals surface area contributed by atoms with Gasteiger partial charge in [-0.25, -0.2) is 0 Å². The molecular weight excluding hydrogens is 208 g/mol. The van der Waals surface area contributed by atoms with Gasteiger partial charge in [-0.2, -0.15) is 0 Å². The Labute approximate surface area is 95.2 Å². The fourth-order valence-electron chi connectivity index (χ4n) is 0.696. The van der Waals surface area contributed by atoms with Gasteiger partial charge in [-0.05, 0) is 45.0 Å². The molecule has 1 rings (SSSR count). The lowest BCUT2D eigenvalue weighted by Gasteiger charge is -2.03. The topological polar surface area (TPSA) is 77.8 Å². The molecule has 0 amide bonds. The Kier molecular flexibility index (Phi) is 6.37. The summed E-state index contributed by atoms with van der Waals surface area (Å²) in [4.78, 5) is 10.7. The molecular formula is C12H18O4. The second kappa shape index (κ2) is 6.98. The molecule has 0 aliphatic heterocycles. The number of Topliss-reactive ketones (excluding diaryl/α,β-unsaturated/α-hetero) is 1. The van der Waals surface area contributed by atoms with Crippen molar-refractivity contribution in [2.75, 3.05) is 0 Å². The minimum Gasteiger partial charge on any atom is -0.508 e. The standard InChI is InChI=1S/C8H8O2.C4H10O2/c1-6(9)7-2-4-8(10)5-3-7;1-3(5)4(2)6/h2-5,10H,1H3;3-6H,1-2H3. The van der Waals surface area contributed by atoms with Crippen LogP contribution in [0.4, 0.5) is 0 Å². The molecule has 1 aromatic carbocycles. The van der Waals surface area contributed by atoms with E-state index < -0.39 is 12.2 Å². The number of ketones is 1. The summed E-state index contributed by atoms with van der Waals surface area (Å²) in [7, 11) is 0. The molecule has 0 bridgehead atoms. The number of carbonyl (C=O) groups is 1. The van der Waals surface area contributed by atoms with Crippen LogP contribution in [0.3, 0.4) is 0 Å². The van der Waals surface area contributed by atoms with Gasteiger partial charge >= 0.3 is 0 Å². The highest BCUT2D eigenvalue weighted by Gasteiger charge is 1.99. The van der Waals surface area contributed by atoms with Gasteiger partial charge in [-0.15, -0.1) is 0 Å². The number of phenolic OH excluding ortho intramolecular Hbond substituents is 1. The van der Waals surface area contributed by atoms with Crippen LogP contribution >= 0.6 is 0 Å². The summed E-state index contributed by atoms with van der Waals surface area (Å²) in [6.45, 7) is 4.59. The lowest BCUT2D eigenvalue weighted by Crippen LogP contribution is -2.17. The Bertz CT molecular complexity index is 308. The normalized spacial score (nSPS) is 13.3. The Morgan fingerprint density at radius 1 is 1.06 bits per heavy atom. The Hall–Kier alpha value is -1.39. The third-order valence-corrected chi connectivity index (χ3v) is 1.97. The van der Waals surface area contributed by atoms with E-state index in [1.807, 2.05) is 0 Å². The summed E-state index contributed by atoms with van der Waals surface area (Å²) in [6, 6.07) is 6.18. The van der Waals surface area contributed by atoms with Gasteiger partial charge in [0, 0.05) is 5.56 Å². The van der Waals surface area contributed by atoms with Crippen molar-refractivity contribution in [3.05, 3.63) is 29.8 Å². The Morgan fingerprint density at radius 2 is 1.44 bits per heavy atom. The van der Waals surface area contributed by atoms with Crippen molar-refractivity contribution in [1.82, 2.24) is 0 Å². The minimum atomic E-state index is -0.593. The van der Waals surface area contributed by atoms with E-state index in [0.717, 1.165) is 0 Å². The number of aromatic hydroxyl groups is 1. The zero-order valence-corrected chi connectivity index (χ0v) is 9.71. The van der Waals surface area contributed by atoms with Gasteiger partial charge in [0.2, 0.25) is 0 Å². The average Bonchev–Trinajstić information content (AvgIpc) is 2.19. The van der Waals surface area contributed by atoms with E-state index in [1.54, 1.807) is 26.0 Å². The zero-order valence-electron chi connectivity index (χ0n) is 9.71. The van der Waals surface area contributed by atoms with Gasteiger partial charge in [0.15, 0.2) is 5.78 Å². The van der Waals surface area contributed by atoms with E-state index in [-0.39, 0.29) is 11.5 Å². The lowest BCUT2D eigenvalue weighted by atomic mass is 10.1. The number of benzene rings is 1. The van der Waals surface area contributed by atoms with Crippen molar-refractivity contribution in [2.24, 2.45) is 0 Å². The molecule has 0 heterocycles. The SMILES string of the molecule is CC(=O)c1ccc(O)cc1.CC(O)C(C)O. The second-order valence-corrected chi connectivity index (χ2v) is 3.58. The number of carbonyl (C=O) groups excluding carboxylic acids is 1. The van der Waals surface area contributed by atoms with Crippen molar-refractivity contribution in [2.45, 2.75) is 33.0 Å². The summed E-state index contributed by atoms with van der Waals surface area (Å²) in [6.07, 6.45) is -1.19. The molecule has 0 saturated carbocycles. The summed E-state index contributed by atoms with van der Waals surface area (Å²) < 4.78 is 0. The molecule has 0 spiro atoms. The molecule has 2 atom stereocenters. The summed E-state index contributed by atoms with van der Waals surface area (Å²) in [5, 5.41) is 25.6. The van der Waals surface area contributed by atoms with Crippen LogP contribution in [0.25, 0.3) is 0 Å². The van der Waals surface area contributed by atoms with Crippen LogP contribution in [-0.4, -0.2) is 33.3 Å². The molecule has 0 aromatic heterocycles. The largest absolute Gasteiger partial charge is 0.508 e. The van der Waals surface area contributed by atoms with Crippen molar-refractivity contribution >= 4 is 5.78 Å². The van der Waals surface area contributed by atoms with Crippen LogP contribution in [0.5, 0.6) is 5.75 Å². The first-order valence-electron chi connectivity index (χ1n) is 5.00. The van der Waals surface area contributed by atoms with Gasteiger partial charge in [-0.1, -0.05) is 0 Å². The predicted octanol–water partition coefficient (Wildman–Crippen LogP) is 1.34. The Balaban J connectivity index is 0.000000325. The maximum Gasteiger partial charge on any atom is 0.159 e. The van der Waals surface area contributed by atoms with Crippen molar-refractivity contribution < 1.29 is 20.1 Å². The summed E-state index contributed by atoms with van der Waals surface area (Å²) in [5.41, 5.74) is 0.623. The molecule has 0 aliphatic carbocycles. The smallest absolute Gasteiger partial charge is 0.159 e. The third-order valence-electron chi connectivity index (χ3n) is 1.97. The van der Waals surface area contributed by atoms with Crippen molar-refractivity contribution in [3.8, 4) is 5.75 Å². The van der Waals surface area contributed by atoms with E-state index in [2.05, 4.69) is 0 Å². The van der Waals surface area contributed by atoms with Crippen LogP contribution in [0.2, 0.25) is 0 Å². The van der Waals surface area contributed by atoms with Gasteiger partial charge < -0.3 is 15.3 Å². The molecule has 2 unspecified atom stereocenters. The molecule has 1 aromatic rings. The number of hydrogen-bond donors (Lipinski definition) is 3. The van der Waals surface area contributed by atoms with E-state index in [4.69, 9.17) is 15.3 Å². The average molecular weight is 226 g/mol. The first kappa shape index (κ1) is 14.6. The van der Waals surface area contributed by atoms with Gasteiger partial charge in [0.05, 0.1) is 12.2 Å².